The molecule has 0 spiro atoms. The first-order valence-electron chi connectivity index (χ1n) is 10.1. The van der Waals surface area contributed by atoms with Crippen LogP contribution in [-0.2, 0) is 11.2 Å². The molecule has 1 aliphatic heterocycles. The molecule has 0 atom stereocenters. The maximum absolute atomic E-state index is 13.0. The van der Waals surface area contributed by atoms with Crippen LogP contribution >= 0.6 is 0 Å². The zero-order valence-corrected chi connectivity index (χ0v) is 16.9. The number of rotatable bonds is 4. The summed E-state index contributed by atoms with van der Waals surface area (Å²) in [5.41, 5.74) is 4.39. The number of amides is 1. The molecule has 3 aromatic rings. The van der Waals surface area contributed by atoms with Gasteiger partial charge >= 0.3 is 12.1 Å². The lowest BCUT2D eigenvalue weighted by molar-refractivity contribution is -0.384. The summed E-state index contributed by atoms with van der Waals surface area (Å²) in [5.74, 6) is -1.45. The van der Waals surface area contributed by atoms with E-state index < -0.39 is 17.0 Å². The Morgan fingerprint density at radius 3 is 2.28 bits per heavy atom. The number of nitro groups is 1. The van der Waals surface area contributed by atoms with Crippen LogP contribution < -0.4 is 4.90 Å². The number of fused-ring (bicyclic) bond motifs is 4. The highest BCUT2D eigenvalue weighted by Gasteiger charge is 2.35. The second-order valence-corrected chi connectivity index (χ2v) is 7.77. The molecule has 160 valence electrons. The zero-order chi connectivity index (χ0) is 22.4. The van der Waals surface area contributed by atoms with Crippen molar-refractivity contribution >= 4 is 23.4 Å². The van der Waals surface area contributed by atoms with E-state index in [0.717, 1.165) is 28.3 Å². The van der Waals surface area contributed by atoms with Gasteiger partial charge in [0.25, 0.3) is 5.69 Å². The normalized spacial score (nSPS) is 13.9. The van der Waals surface area contributed by atoms with Crippen LogP contribution in [0, 0.1) is 10.1 Å². The first-order valence-corrected chi connectivity index (χ1v) is 10.1. The third-order valence-electron chi connectivity index (χ3n) is 6.05. The summed E-state index contributed by atoms with van der Waals surface area (Å²) in [4.78, 5) is 36.5. The molecule has 8 nitrogen and oxygen atoms in total. The summed E-state index contributed by atoms with van der Waals surface area (Å²) in [6.45, 7) is 0.307. The standard InChI is InChI=1S/C24H18N2O6/c27-23(28)20-12-15(26(30)31)11-14-9-10-25(22(14)20)24(29)32-13-21-18-7-3-1-5-16(18)17-6-2-4-8-19(17)21/h1-8,11-12,21H,9-10,13H2,(H,27,28). The van der Waals surface area contributed by atoms with E-state index in [4.69, 9.17) is 4.74 Å². The van der Waals surface area contributed by atoms with E-state index in [9.17, 15) is 24.8 Å². The van der Waals surface area contributed by atoms with Crippen molar-refractivity contribution in [1.82, 2.24) is 0 Å². The lowest BCUT2D eigenvalue weighted by atomic mass is 9.98. The summed E-state index contributed by atoms with van der Waals surface area (Å²) in [6, 6.07) is 18.2. The average molecular weight is 430 g/mol. The maximum Gasteiger partial charge on any atom is 0.414 e. The van der Waals surface area contributed by atoms with E-state index in [0.29, 0.717) is 12.0 Å². The lowest BCUT2D eigenvalue weighted by Gasteiger charge is -2.21. The van der Waals surface area contributed by atoms with Crippen LogP contribution in [-0.4, -0.2) is 35.2 Å². The minimum atomic E-state index is -1.33. The second-order valence-electron chi connectivity index (χ2n) is 7.77. The van der Waals surface area contributed by atoms with Gasteiger partial charge in [-0.3, -0.25) is 15.0 Å². The van der Waals surface area contributed by atoms with Gasteiger partial charge in [-0.2, -0.15) is 0 Å². The van der Waals surface area contributed by atoms with Crippen LogP contribution in [0.15, 0.2) is 60.7 Å². The van der Waals surface area contributed by atoms with Gasteiger partial charge in [-0.25, -0.2) is 9.59 Å². The van der Waals surface area contributed by atoms with Crippen molar-refractivity contribution in [3.05, 3.63) is 93.0 Å². The van der Waals surface area contributed by atoms with Crippen molar-refractivity contribution in [2.75, 3.05) is 18.1 Å². The molecule has 0 fully saturated rings. The molecule has 8 heteroatoms. The second kappa shape index (κ2) is 7.49. The van der Waals surface area contributed by atoms with E-state index in [1.54, 1.807) is 0 Å². The average Bonchev–Trinajstić information content (AvgIpc) is 3.36. The van der Waals surface area contributed by atoms with Gasteiger partial charge < -0.3 is 9.84 Å². The predicted octanol–water partition coefficient (Wildman–Crippen LogP) is 4.60. The molecule has 1 heterocycles. The number of carbonyl (C=O) groups excluding carboxylic acids is 1. The number of non-ortho nitro benzene ring substituents is 1. The molecule has 1 aliphatic carbocycles. The minimum absolute atomic E-state index is 0.105. The predicted molar refractivity (Wildman–Crippen MR) is 116 cm³/mol. The molecule has 0 saturated carbocycles. The van der Waals surface area contributed by atoms with E-state index in [2.05, 4.69) is 0 Å². The Morgan fingerprint density at radius 2 is 1.69 bits per heavy atom. The first kappa shape index (κ1) is 19.7. The van der Waals surface area contributed by atoms with Gasteiger partial charge in [0, 0.05) is 24.6 Å². The summed E-state index contributed by atoms with van der Waals surface area (Å²) in [5, 5.41) is 20.7. The highest BCUT2D eigenvalue weighted by atomic mass is 16.6. The number of ether oxygens (including phenoxy) is 1. The number of hydrogen-bond acceptors (Lipinski definition) is 5. The molecule has 0 aromatic heterocycles. The zero-order valence-electron chi connectivity index (χ0n) is 16.9. The number of hydrogen-bond donors (Lipinski definition) is 1. The number of nitro benzene ring substituents is 1. The van der Waals surface area contributed by atoms with Gasteiger partial charge in [-0.15, -0.1) is 0 Å². The molecule has 0 saturated heterocycles. The molecule has 0 unspecified atom stereocenters. The van der Waals surface area contributed by atoms with Crippen molar-refractivity contribution in [3.63, 3.8) is 0 Å². The van der Waals surface area contributed by atoms with Crippen molar-refractivity contribution in [3.8, 4) is 11.1 Å². The maximum atomic E-state index is 13.0. The number of anilines is 1. The van der Waals surface area contributed by atoms with Gasteiger partial charge in [0.05, 0.1) is 16.2 Å². The van der Waals surface area contributed by atoms with Gasteiger partial charge in [0.15, 0.2) is 0 Å². The number of carboxylic acids is 1. The Labute approximate surface area is 182 Å². The molecule has 5 rings (SSSR count). The molecule has 1 amide bonds. The summed E-state index contributed by atoms with van der Waals surface area (Å²) < 4.78 is 5.65. The molecule has 0 radical (unpaired) electrons. The molecular weight excluding hydrogens is 412 g/mol. The summed E-state index contributed by atoms with van der Waals surface area (Å²) in [7, 11) is 0. The van der Waals surface area contributed by atoms with Crippen LogP contribution in [0.25, 0.3) is 11.1 Å². The Kier molecular flexibility index (Phi) is 4.62. The van der Waals surface area contributed by atoms with Crippen LogP contribution in [0.4, 0.5) is 16.2 Å². The van der Waals surface area contributed by atoms with Gasteiger partial charge in [-0.1, -0.05) is 48.5 Å². The Hall–Kier alpha value is -4.20. The molecule has 0 bridgehead atoms. The fraction of sp³-hybridized carbons (Fsp3) is 0.167. The number of nitrogens with zero attached hydrogens (tertiary/aromatic N) is 2. The number of carboxylic acid groups (broad SMARTS) is 1. The van der Waals surface area contributed by atoms with Gasteiger partial charge in [-0.05, 0) is 34.2 Å². The lowest BCUT2D eigenvalue weighted by Crippen LogP contribution is -2.32. The smallest absolute Gasteiger partial charge is 0.414 e. The molecular formula is C24H18N2O6. The highest BCUT2D eigenvalue weighted by Crippen LogP contribution is 2.44. The van der Waals surface area contributed by atoms with Crippen LogP contribution in [0.2, 0.25) is 0 Å². The molecule has 2 aliphatic rings. The molecule has 3 aromatic carbocycles. The largest absolute Gasteiger partial charge is 0.478 e. The molecule has 1 N–H and O–H groups in total. The Balaban J connectivity index is 1.42. The number of carbonyl (C=O) groups is 2. The van der Waals surface area contributed by atoms with E-state index in [-0.39, 0.29) is 36.0 Å². The van der Waals surface area contributed by atoms with E-state index in [1.165, 1.54) is 11.0 Å². The van der Waals surface area contributed by atoms with Crippen molar-refractivity contribution in [2.24, 2.45) is 0 Å². The van der Waals surface area contributed by atoms with Crippen molar-refractivity contribution in [2.45, 2.75) is 12.3 Å². The first-order chi connectivity index (χ1) is 15.5. The van der Waals surface area contributed by atoms with E-state index in [1.807, 2.05) is 48.5 Å². The number of aromatic carboxylic acids is 1. The fourth-order valence-electron chi connectivity index (χ4n) is 4.65. The Morgan fingerprint density at radius 1 is 1.06 bits per heavy atom. The minimum Gasteiger partial charge on any atom is -0.478 e. The van der Waals surface area contributed by atoms with Gasteiger partial charge in [0.1, 0.15) is 6.61 Å². The summed E-state index contributed by atoms with van der Waals surface area (Å²) in [6.07, 6.45) is -0.344. The van der Waals surface area contributed by atoms with Crippen LogP contribution in [0.1, 0.15) is 33.0 Å². The summed E-state index contributed by atoms with van der Waals surface area (Å²) >= 11 is 0. The highest BCUT2D eigenvalue weighted by molar-refractivity contribution is 6.02. The monoisotopic (exact) mass is 430 g/mol. The fourth-order valence-corrected chi connectivity index (χ4v) is 4.65. The molecule has 32 heavy (non-hydrogen) atoms. The topological polar surface area (TPSA) is 110 Å². The third-order valence-corrected chi connectivity index (χ3v) is 6.05. The van der Waals surface area contributed by atoms with Crippen LogP contribution in [0.3, 0.4) is 0 Å². The Bertz CT molecular complexity index is 1240. The third kappa shape index (κ3) is 3.08. The van der Waals surface area contributed by atoms with Crippen molar-refractivity contribution < 1.29 is 24.4 Å². The van der Waals surface area contributed by atoms with E-state index >= 15 is 0 Å². The SMILES string of the molecule is O=C(O)c1cc([N+](=O)[O-])cc2c1N(C(=O)OCC1c3ccccc3-c3ccccc31)CC2. The van der Waals surface area contributed by atoms with Crippen LogP contribution in [0.5, 0.6) is 0 Å². The number of benzene rings is 3. The quantitative estimate of drug-likeness (QED) is 0.478. The van der Waals surface area contributed by atoms with Crippen molar-refractivity contribution in [1.29, 1.82) is 0 Å². The van der Waals surface area contributed by atoms with Gasteiger partial charge in [0.2, 0.25) is 0 Å².